The highest BCUT2D eigenvalue weighted by Gasteiger charge is 2.18. The molecule has 26 heavy (non-hydrogen) atoms. The number of benzene rings is 2. The molecule has 132 valence electrons. The van der Waals surface area contributed by atoms with Crippen LogP contribution < -0.4 is 10.1 Å². The van der Waals surface area contributed by atoms with Crippen molar-refractivity contribution < 1.29 is 4.74 Å². The van der Waals surface area contributed by atoms with E-state index in [2.05, 4.69) is 33.4 Å². The molecular formula is C20H20N4OS. The second-order valence-corrected chi connectivity index (χ2v) is 7.49. The molecular weight excluding hydrogens is 344 g/mol. The van der Waals surface area contributed by atoms with Crippen LogP contribution in [0, 0.1) is 11.5 Å². The van der Waals surface area contributed by atoms with Crippen LogP contribution in [0.2, 0.25) is 0 Å². The molecule has 0 amide bonds. The van der Waals surface area contributed by atoms with E-state index in [1.54, 1.807) is 11.3 Å². The Morgan fingerprint density at radius 1 is 1.15 bits per heavy atom. The van der Waals surface area contributed by atoms with E-state index in [1.165, 1.54) is 5.56 Å². The van der Waals surface area contributed by atoms with E-state index < -0.39 is 0 Å². The van der Waals surface area contributed by atoms with Gasteiger partial charge in [0.1, 0.15) is 5.75 Å². The zero-order valence-electron chi connectivity index (χ0n) is 14.4. The number of piperidine rings is 1. The van der Waals surface area contributed by atoms with Gasteiger partial charge in [0.05, 0.1) is 10.2 Å². The third-order valence-corrected chi connectivity index (χ3v) is 5.58. The normalized spacial score (nSPS) is 15.7. The van der Waals surface area contributed by atoms with Crippen molar-refractivity contribution in [2.75, 3.05) is 13.1 Å². The number of fused-ring (bicyclic) bond motifs is 1. The van der Waals surface area contributed by atoms with Crippen LogP contribution >= 0.6 is 11.3 Å². The van der Waals surface area contributed by atoms with Crippen molar-refractivity contribution in [2.24, 2.45) is 0 Å². The fraction of sp³-hybridized carbons (Fsp3) is 0.300. The first-order valence-corrected chi connectivity index (χ1v) is 9.61. The fourth-order valence-corrected chi connectivity index (χ4v) is 4.08. The van der Waals surface area contributed by atoms with Crippen molar-refractivity contribution in [1.82, 2.24) is 15.2 Å². The molecule has 4 rings (SSSR count). The van der Waals surface area contributed by atoms with Crippen LogP contribution in [0.5, 0.6) is 10.9 Å². The van der Waals surface area contributed by atoms with Gasteiger partial charge in [-0.25, -0.2) is 4.98 Å². The van der Waals surface area contributed by atoms with E-state index in [9.17, 15) is 0 Å². The van der Waals surface area contributed by atoms with Crippen molar-refractivity contribution in [3.8, 4) is 17.1 Å². The van der Waals surface area contributed by atoms with Crippen LogP contribution in [0.4, 0.5) is 0 Å². The van der Waals surface area contributed by atoms with Crippen LogP contribution in [0.1, 0.15) is 18.4 Å². The molecule has 5 nitrogen and oxygen atoms in total. The molecule has 1 saturated heterocycles. The minimum atomic E-state index is 0.334. The predicted octanol–water partition coefficient (Wildman–Crippen LogP) is 4.12. The van der Waals surface area contributed by atoms with Gasteiger partial charge < -0.3 is 10.1 Å². The Morgan fingerprint density at radius 3 is 2.65 bits per heavy atom. The summed E-state index contributed by atoms with van der Waals surface area (Å²) in [6.07, 6.45) is 4.09. The number of nitrogens with one attached hydrogen (secondary N) is 1. The number of para-hydroxylation sites is 1. The smallest absolute Gasteiger partial charge is 0.279 e. The Labute approximate surface area is 156 Å². The lowest BCUT2D eigenvalue weighted by Gasteiger charge is -2.31. The first kappa shape index (κ1) is 16.8. The highest BCUT2D eigenvalue weighted by molar-refractivity contribution is 7.20. The van der Waals surface area contributed by atoms with Gasteiger partial charge in [0.25, 0.3) is 5.19 Å². The molecule has 0 bridgehead atoms. The quantitative estimate of drug-likeness (QED) is 0.545. The van der Waals surface area contributed by atoms with Crippen molar-refractivity contribution in [3.05, 3.63) is 54.1 Å². The summed E-state index contributed by atoms with van der Waals surface area (Å²) >= 11 is 1.56. The summed E-state index contributed by atoms with van der Waals surface area (Å²) in [6, 6.07) is 16.6. The van der Waals surface area contributed by atoms with Crippen LogP contribution in [0.25, 0.3) is 10.2 Å². The van der Waals surface area contributed by atoms with E-state index in [1.807, 2.05) is 36.5 Å². The molecule has 0 saturated carbocycles. The zero-order valence-corrected chi connectivity index (χ0v) is 15.2. The Hall–Kier alpha value is -2.62. The summed E-state index contributed by atoms with van der Waals surface area (Å²) in [5.74, 6) is 0.810. The molecule has 2 heterocycles. The summed E-state index contributed by atoms with van der Waals surface area (Å²) in [5.41, 5.74) is 2.24. The highest BCUT2D eigenvalue weighted by Crippen LogP contribution is 2.31. The Balaban J connectivity index is 1.34. The van der Waals surface area contributed by atoms with Crippen LogP contribution in [-0.4, -0.2) is 29.0 Å². The molecule has 1 aromatic heterocycles. The minimum Gasteiger partial charge on any atom is -0.431 e. The largest absolute Gasteiger partial charge is 0.431 e. The monoisotopic (exact) mass is 364 g/mol. The number of thiazole rings is 1. The summed E-state index contributed by atoms with van der Waals surface area (Å²) in [4.78, 5) is 6.93. The number of hydrogen-bond acceptors (Lipinski definition) is 6. The van der Waals surface area contributed by atoms with E-state index in [4.69, 9.17) is 10.00 Å². The Bertz CT molecular complexity index is 874. The lowest BCUT2D eigenvalue weighted by molar-refractivity contribution is 0.197. The van der Waals surface area contributed by atoms with Crippen molar-refractivity contribution in [1.29, 1.82) is 5.26 Å². The molecule has 1 aliphatic heterocycles. The third kappa shape index (κ3) is 3.96. The maximum Gasteiger partial charge on any atom is 0.279 e. The van der Waals surface area contributed by atoms with E-state index >= 15 is 0 Å². The average molecular weight is 364 g/mol. The van der Waals surface area contributed by atoms with Gasteiger partial charge >= 0.3 is 0 Å². The summed E-state index contributed by atoms with van der Waals surface area (Å²) in [7, 11) is 0. The summed E-state index contributed by atoms with van der Waals surface area (Å²) in [5, 5.41) is 12.2. The van der Waals surface area contributed by atoms with E-state index in [0.29, 0.717) is 11.2 Å². The SMILES string of the molecule is N#CNC1CCN(Cc2ccc(Oc3nc4ccccc4s3)cc2)CC1. The third-order valence-electron chi connectivity index (χ3n) is 4.67. The van der Waals surface area contributed by atoms with Gasteiger partial charge in [-0.3, -0.25) is 4.90 Å². The number of aromatic nitrogens is 1. The molecule has 1 N–H and O–H groups in total. The molecule has 0 aliphatic carbocycles. The van der Waals surface area contributed by atoms with Crippen LogP contribution in [-0.2, 0) is 6.54 Å². The van der Waals surface area contributed by atoms with E-state index in [-0.39, 0.29) is 0 Å². The lowest BCUT2D eigenvalue weighted by atomic mass is 10.0. The highest BCUT2D eigenvalue weighted by atomic mass is 32.1. The van der Waals surface area contributed by atoms with Gasteiger partial charge in [0.2, 0.25) is 0 Å². The molecule has 6 heteroatoms. The topological polar surface area (TPSA) is 61.2 Å². The second kappa shape index (κ2) is 7.73. The van der Waals surface area contributed by atoms with Crippen LogP contribution in [0.3, 0.4) is 0 Å². The van der Waals surface area contributed by atoms with Crippen molar-refractivity contribution in [3.63, 3.8) is 0 Å². The number of ether oxygens (including phenoxy) is 1. The number of nitrogens with zero attached hydrogens (tertiary/aromatic N) is 3. The van der Waals surface area contributed by atoms with E-state index in [0.717, 1.165) is 48.4 Å². The summed E-state index contributed by atoms with van der Waals surface area (Å²) < 4.78 is 7.04. The molecule has 0 atom stereocenters. The maximum atomic E-state index is 8.70. The molecule has 0 radical (unpaired) electrons. The van der Waals surface area contributed by atoms with Gasteiger partial charge in [-0.2, -0.15) is 5.26 Å². The Morgan fingerprint density at radius 2 is 1.92 bits per heavy atom. The fourth-order valence-electron chi connectivity index (χ4n) is 3.24. The number of nitriles is 1. The van der Waals surface area contributed by atoms with Crippen molar-refractivity contribution in [2.45, 2.75) is 25.4 Å². The second-order valence-electron chi connectivity index (χ2n) is 6.50. The standard InChI is InChI=1S/C20H20N4OS/c21-14-22-16-9-11-24(12-10-16)13-15-5-7-17(8-6-15)25-20-23-18-3-1-2-4-19(18)26-20/h1-8,16,22H,9-13H2. The van der Waals surface area contributed by atoms with Gasteiger partial charge in [0.15, 0.2) is 6.19 Å². The molecule has 0 unspecified atom stereocenters. The van der Waals surface area contributed by atoms with Crippen LogP contribution in [0.15, 0.2) is 48.5 Å². The minimum absolute atomic E-state index is 0.334. The molecule has 2 aromatic carbocycles. The number of likely N-dealkylation sites (tertiary alicyclic amines) is 1. The first-order chi connectivity index (χ1) is 12.8. The molecule has 1 fully saturated rings. The number of hydrogen-bond donors (Lipinski definition) is 1. The summed E-state index contributed by atoms with van der Waals surface area (Å²) in [6.45, 7) is 2.97. The number of rotatable bonds is 5. The molecule has 1 aliphatic rings. The van der Waals surface area contributed by atoms with Gasteiger partial charge in [-0.1, -0.05) is 35.6 Å². The van der Waals surface area contributed by atoms with Crippen molar-refractivity contribution >= 4 is 21.6 Å². The van der Waals surface area contributed by atoms with Gasteiger partial charge in [0, 0.05) is 25.7 Å². The lowest BCUT2D eigenvalue weighted by Crippen LogP contribution is -2.40. The zero-order chi connectivity index (χ0) is 17.8. The first-order valence-electron chi connectivity index (χ1n) is 8.79. The Kier molecular flexibility index (Phi) is 5.00. The van der Waals surface area contributed by atoms with Gasteiger partial charge in [-0.15, -0.1) is 0 Å². The molecule has 0 spiro atoms. The van der Waals surface area contributed by atoms with Gasteiger partial charge in [-0.05, 0) is 42.7 Å². The maximum absolute atomic E-state index is 8.70. The molecule has 3 aromatic rings. The average Bonchev–Trinajstić information content (AvgIpc) is 3.07. The predicted molar refractivity (Wildman–Crippen MR) is 103 cm³/mol.